The molecule has 1 N–H and O–H groups in total. The van der Waals surface area contributed by atoms with Gasteiger partial charge < -0.3 is 4.90 Å². The first kappa shape index (κ1) is 25.5. The van der Waals surface area contributed by atoms with E-state index < -0.39 is 32.6 Å². The Hall–Kier alpha value is -3.12. The molecule has 0 aliphatic carbocycles. The second kappa shape index (κ2) is 11.3. The second-order valence-corrected chi connectivity index (χ2v) is 10.5. The molecule has 0 bridgehead atoms. The van der Waals surface area contributed by atoms with Crippen molar-refractivity contribution >= 4 is 37.3 Å². The average molecular weight is 504 g/mol. The van der Waals surface area contributed by atoms with Crippen LogP contribution in [0.4, 0.5) is 17.1 Å². The van der Waals surface area contributed by atoms with Gasteiger partial charge in [-0.05, 0) is 55.0 Å². The summed E-state index contributed by atoms with van der Waals surface area (Å²) in [6.45, 7) is 3.02. The van der Waals surface area contributed by atoms with Gasteiger partial charge in [-0.15, -0.1) is 0 Å². The summed E-state index contributed by atoms with van der Waals surface area (Å²) < 4.78 is 58.6. The Kier molecular flexibility index (Phi) is 8.51. The average Bonchev–Trinajstić information content (AvgIpc) is 2.81. The molecular weight excluding hydrogens is 478 g/mol. The first-order chi connectivity index (χ1) is 16.2. The van der Waals surface area contributed by atoms with Gasteiger partial charge >= 0.3 is 10.4 Å². The Morgan fingerprint density at radius 1 is 0.853 bits per heavy atom. The zero-order valence-corrected chi connectivity index (χ0v) is 20.1. The van der Waals surface area contributed by atoms with Crippen molar-refractivity contribution in [2.45, 2.75) is 18.4 Å². The van der Waals surface area contributed by atoms with E-state index in [4.69, 9.17) is 4.55 Å². The van der Waals surface area contributed by atoms with Crippen LogP contribution in [0, 0.1) is 0 Å². The number of anilines is 1. The third kappa shape index (κ3) is 7.73. The predicted molar refractivity (Wildman–Crippen MR) is 130 cm³/mol. The van der Waals surface area contributed by atoms with Crippen LogP contribution in [0.5, 0.6) is 0 Å². The van der Waals surface area contributed by atoms with Crippen molar-refractivity contribution in [1.82, 2.24) is 0 Å². The first-order valence-corrected chi connectivity index (χ1v) is 13.4. The minimum absolute atomic E-state index is 0.0577. The molecule has 3 aromatic carbocycles. The summed E-state index contributed by atoms with van der Waals surface area (Å²) in [6, 6.07) is 23.6. The molecule has 0 amide bonds. The lowest BCUT2D eigenvalue weighted by Gasteiger charge is -2.23. The van der Waals surface area contributed by atoms with Gasteiger partial charge in [0.15, 0.2) is 9.84 Å². The van der Waals surface area contributed by atoms with Gasteiger partial charge in [-0.2, -0.15) is 18.6 Å². The van der Waals surface area contributed by atoms with E-state index in [1.54, 1.807) is 6.07 Å². The summed E-state index contributed by atoms with van der Waals surface area (Å²) in [5, 5.41) is 8.29. The molecule has 180 valence electrons. The monoisotopic (exact) mass is 503 g/mol. The molecule has 0 saturated heterocycles. The Bertz CT molecular complexity index is 1330. The van der Waals surface area contributed by atoms with E-state index >= 15 is 0 Å². The van der Waals surface area contributed by atoms with Crippen molar-refractivity contribution in [3.8, 4) is 0 Å². The maximum atomic E-state index is 12.4. The van der Waals surface area contributed by atoms with Crippen molar-refractivity contribution in [2.75, 3.05) is 23.8 Å². The smallest absolute Gasteiger partial charge is 0.367 e. The fourth-order valence-electron chi connectivity index (χ4n) is 3.14. The molecule has 0 radical (unpaired) electrons. The van der Waals surface area contributed by atoms with Crippen LogP contribution < -0.4 is 4.90 Å². The van der Waals surface area contributed by atoms with E-state index in [0.717, 1.165) is 18.8 Å². The van der Waals surface area contributed by atoms with Crippen molar-refractivity contribution in [3.05, 3.63) is 84.4 Å². The van der Waals surface area contributed by atoms with Gasteiger partial charge in [-0.1, -0.05) is 36.4 Å². The van der Waals surface area contributed by atoms with Crippen LogP contribution in [-0.2, 0) is 31.0 Å². The van der Waals surface area contributed by atoms with E-state index in [0.29, 0.717) is 11.4 Å². The summed E-state index contributed by atoms with van der Waals surface area (Å²) in [5.74, 6) is -0.619. The normalized spacial score (nSPS) is 12.2. The van der Waals surface area contributed by atoms with Crippen molar-refractivity contribution in [3.63, 3.8) is 0 Å². The molecule has 0 spiro atoms. The Balaban J connectivity index is 1.67. The van der Waals surface area contributed by atoms with E-state index in [2.05, 4.69) is 38.4 Å². The molecule has 0 saturated carbocycles. The lowest BCUT2D eigenvalue weighted by Crippen LogP contribution is -2.21. The summed E-state index contributed by atoms with van der Waals surface area (Å²) >= 11 is 0. The Morgan fingerprint density at radius 2 is 1.53 bits per heavy atom. The van der Waals surface area contributed by atoms with Gasteiger partial charge in [0.2, 0.25) is 0 Å². The molecule has 0 atom stereocenters. The molecule has 11 heteroatoms. The number of hydrogen-bond donors (Lipinski definition) is 1. The SMILES string of the molecule is CCN(Cc1ccccc1)c1ccc(N=Nc2cccc(S(=O)(=O)CCOS(=O)(=O)O)c2)cc1. The minimum Gasteiger partial charge on any atom is -0.367 e. The van der Waals surface area contributed by atoms with Crippen molar-refractivity contribution in [2.24, 2.45) is 10.2 Å². The van der Waals surface area contributed by atoms with Gasteiger partial charge in [-0.25, -0.2) is 12.6 Å². The van der Waals surface area contributed by atoms with Crippen molar-refractivity contribution < 1.29 is 25.6 Å². The van der Waals surface area contributed by atoms with Crippen LogP contribution in [-0.4, -0.2) is 40.3 Å². The molecule has 0 aromatic heterocycles. The van der Waals surface area contributed by atoms with Crippen LogP contribution >= 0.6 is 0 Å². The predicted octanol–water partition coefficient (Wildman–Crippen LogP) is 4.72. The molecular formula is C23H25N3O6S2. The zero-order chi connectivity index (χ0) is 24.6. The quantitative estimate of drug-likeness (QED) is 0.296. The Morgan fingerprint density at radius 3 is 2.18 bits per heavy atom. The van der Waals surface area contributed by atoms with Gasteiger partial charge in [0.05, 0.1) is 28.6 Å². The molecule has 0 aliphatic heterocycles. The highest BCUT2D eigenvalue weighted by atomic mass is 32.3. The van der Waals surface area contributed by atoms with Crippen LogP contribution in [0.3, 0.4) is 0 Å². The highest BCUT2D eigenvalue weighted by molar-refractivity contribution is 7.91. The van der Waals surface area contributed by atoms with Crippen LogP contribution in [0.2, 0.25) is 0 Å². The third-order valence-electron chi connectivity index (χ3n) is 4.85. The highest BCUT2D eigenvalue weighted by Gasteiger charge is 2.17. The lowest BCUT2D eigenvalue weighted by atomic mass is 10.2. The van der Waals surface area contributed by atoms with Crippen LogP contribution in [0.25, 0.3) is 0 Å². The number of azo groups is 1. The number of sulfone groups is 1. The van der Waals surface area contributed by atoms with Crippen LogP contribution in [0.1, 0.15) is 12.5 Å². The maximum absolute atomic E-state index is 12.4. The minimum atomic E-state index is -4.70. The first-order valence-electron chi connectivity index (χ1n) is 10.4. The fourth-order valence-corrected chi connectivity index (χ4v) is 4.67. The van der Waals surface area contributed by atoms with E-state index in [-0.39, 0.29) is 4.90 Å². The topological polar surface area (TPSA) is 126 Å². The van der Waals surface area contributed by atoms with Gasteiger partial charge in [0, 0.05) is 18.8 Å². The fraction of sp³-hybridized carbons (Fsp3) is 0.217. The van der Waals surface area contributed by atoms with Gasteiger partial charge in [0.25, 0.3) is 0 Å². The molecule has 3 aromatic rings. The third-order valence-corrected chi connectivity index (χ3v) is 7.00. The van der Waals surface area contributed by atoms with Gasteiger partial charge in [-0.3, -0.25) is 4.55 Å². The lowest BCUT2D eigenvalue weighted by molar-refractivity contribution is 0.284. The molecule has 34 heavy (non-hydrogen) atoms. The van der Waals surface area contributed by atoms with E-state index in [1.807, 2.05) is 42.5 Å². The molecule has 0 aliphatic rings. The zero-order valence-electron chi connectivity index (χ0n) is 18.5. The molecule has 3 rings (SSSR count). The molecule has 9 nitrogen and oxygen atoms in total. The largest absolute Gasteiger partial charge is 0.397 e. The van der Waals surface area contributed by atoms with Crippen LogP contribution in [0.15, 0.2) is 94.0 Å². The molecule has 0 fully saturated rings. The Labute approximate surface area is 199 Å². The standard InChI is InChI=1S/C23H25N3O6S2/c1-2-26(18-19-7-4-3-5-8-19)22-13-11-20(12-14-22)24-25-21-9-6-10-23(17-21)33(27,28)16-15-32-34(29,30)31/h3-14,17H,2,15-16,18H2,1H3,(H,29,30,31). The summed E-state index contributed by atoms with van der Waals surface area (Å²) in [7, 11) is -8.54. The van der Waals surface area contributed by atoms with E-state index in [9.17, 15) is 16.8 Å². The molecule has 0 unspecified atom stereocenters. The number of benzene rings is 3. The van der Waals surface area contributed by atoms with Crippen molar-refractivity contribution in [1.29, 1.82) is 0 Å². The number of hydrogen-bond acceptors (Lipinski definition) is 8. The molecule has 0 heterocycles. The summed E-state index contributed by atoms with van der Waals surface area (Å²) in [6.07, 6.45) is 0. The van der Waals surface area contributed by atoms with Gasteiger partial charge in [0.1, 0.15) is 0 Å². The number of rotatable bonds is 11. The highest BCUT2D eigenvalue weighted by Crippen LogP contribution is 2.25. The second-order valence-electron chi connectivity index (χ2n) is 7.28. The number of nitrogens with zero attached hydrogens (tertiary/aromatic N) is 3. The summed E-state index contributed by atoms with van der Waals surface area (Å²) in [5.41, 5.74) is 3.19. The summed E-state index contributed by atoms with van der Waals surface area (Å²) in [4.78, 5) is 2.17. The maximum Gasteiger partial charge on any atom is 0.397 e. The van der Waals surface area contributed by atoms with E-state index in [1.165, 1.54) is 23.8 Å².